The lowest BCUT2D eigenvalue weighted by molar-refractivity contribution is -0.140. The Balaban J connectivity index is 3.04. The molecule has 0 bridgehead atoms. The van der Waals surface area contributed by atoms with Gasteiger partial charge in [0.15, 0.2) is 9.84 Å². The van der Waals surface area contributed by atoms with E-state index < -0.39 is 27.5 Å². The summed E-state index contributed by atoms with van der Waals surface area (Å²) in [6.07, 6.45) is 0. The lowest BCUT2D eigenvalue weighted by Crippen LogP contribution is -2.21. The molecule has 0 heterocycles. The number of aliphatic carboxylic acids is 1. The van der Waals surface area contributed by atoms with Gasteiger partial charge in [-0.3, -0.25) is 4.79 Å². The summed E-state index contributed by atoms with van der Waals surface area (Å²) in [6, 6.07) is 6.36. The Morgan fingerprint density at radius 3 is 2.50 bits per heavy atom. The molecular weight excluding hydrogens is 296 g/mol. The van der Waals surface area contributed by atoms with Gasteiger partial charge < -0.3 is 5.11 Å². The van der Waals surface area contributed by atoms with Crippen molar-refractivity contribution in [1.82, 2.24) is 0 Å². The average molecular weight is 307 g/mol. The molecule has 0 spiro atoms. The van der Waals surface area contributed by atoms with E-state index in [9.17, 15) is 13.2 Å². The quantitative estimate of drug-likeness (QED) is 0.923. The fourth-order valence-corrected chi connectivity index (χ4v) is 3.84. The fourth-order valence-electron chi connectivity index (χ4n) is 1.19. The second kappa shape index (κ2) is 4.97. The second-order valence-corrected chi connectivity index (χ2v) is 6.31. The zero-order chi connectivity index (χ0) is 12.3. The van der Waals surface area contributed by atoms with Gasteiger partial charge >= 0.3 is 5.97 Å². The number of hydrogen-bond donors (Lipinski definition) is 1. The first-order chi connectivity index (χ1) is 7.34. The molecule has 1 rings (SSSR count). The monoisotopic (exact) mass is 306 g/mol. The number of halogens is 1. The maximum Gasteiger partial charge on any atom is 0.307 e. The van der Waals surface area contributed by atoms with Crippen LogP contribution in [0.15, 0.2) is 33.6 Å². The van der Waals surface area contributed by atoms with Crippen molar-refractivity contribution in [2.24, 2.45) is 5.92 Å². The summed E-state index contributed by atoms with van der Waals surface area (Å²) in [6.45, 7) is 1.37. The number of rotatable bonds is 4. The Morgan fingerprint density at radius 2 is 2.00 bits per heavy atom. The summed E-state index contributed by atoms with van der Waals surface area (Å²) in [5.74, 6) is -2.43. The number of carboxylic acids is 1. The van der Waals surface area contributed by atoms with Crippen molar-refractivity contribution in [3.63, 3.8) is 0 Å². The Kier molecular flexibility index (Phi) is 4.09. The summed E-state index contributed by atoms with van der Waals surface area (Å²) in [4.78, 5) is 10.7. The van der Waals surface area contributed by atoms with Crippen LogP contribution in [0.4, 0.5) is 0 Å². The molecule has 0 aliphatic rings. The van der Waals surface area contributed by atoms with Gasteiger partial charge in [-0.25, -0.2) is 8.42 Å². The number of benzene rings is 1. The summed E-state index contributed by atoms with van der Waals surface area (Å²) < 4.78 is 24.2. The SMILES string of the molecule is CC(CS(=O)(=O)c1ccccc1Br)C(=O)O. The van der Waals surface area contributed by atoms with Gasteiger partial charge in [-0.1, -0.05) is 19.1 Å². The molecule has 0 aromatic heterocycles. The molecular formula is C10H11BrO4S. The van der Waals surface area contributed by atoms with Gasteiger partial charge in [0.2, 0.25) is 0 Å². The summed E-state index contributed by atoms with van der Waals surface area (Å²) in [7, 11) is -3.56. The van der Waals surface area contributed by atoms with Crippen LogP contribution in [0.25, 0.3) is 0 Å². The maximum atomic E-state index is 11.9. The van der Waals surface area contributed by atoms with Crippen LogP contribution in [-0.2, 0) is 14.6 Å². The topological polar surface area (TPSA) is 71.4 Å². The highest BCUT2D eigenvalue weighted by Crippen LogP contribution is 2.23. The molecule has 16 heavy (non-hydrogen) atoms. The van der Waals surface area contributed by atoms with E-state index >= 15 is 0 Å². The van der Waals surface area contributed by atoms with Gasteiger partial charge in [0.05, 0.1) is 16.6 Å². The number of carbonyl (C=O) groups is 1. The van der Waals surface area contributed by atoms with Crippen LogP contribution in [0.3, 0.4) is 0 Å². The Hall–Kier alpha value is -0.880. The molecule has 1 unspecified atom stereocenters. The maximum absolute atomic E-state index is 11.9. The van der Waals surface area contributed by atoms with Gasteiger partial charge in [0.25, 0.3) is 0 Å². The third kappa shape index (κ3) is 3.05. The molecule has 0 amide bonds. The van der Waals surface area contributed by atoms with Crippen LogP contribution in [0.5, 0.6) is 0 Å². The molecule has 0 fully saturated rings. The minimum Gasteiger partial charge on any atom is -0.481 e. The number of sulfone groups is 1. The minimum atomic E-state index is -3.56. The van der Waals surface area contributed by atoms with Gasteiger partial charge in [-0.15, -0.1) is 0 Å². The smallest absolute Gasteiger partial charge is 0.307 e. The average Bonchev–Trinajstić information content (AvgIpc) is 2.17. The normalized spacial score (nSPS) is 13.4. The van der Waals surface area contributed by atoms with Gasteiger partial charge in [0, 0.05) is 4.47 Å². The molecule has 1 atom stereocenters. The first-order valence-corrected chi connectivity index (χ1v) is 6.99. The Morgan fingerprint density at radius 1 is 1.44 bits per heavy atom. The molecule has 0 saturated carbocycles. The Labute approximate surface area is 102 Å². The molecule has 88 valence electrons. The lowest BCUT2D eigenvalue weighted by atomic mass is 10.2. The van der Waals surface area contributed by atoms with Crippen molar-refractivity contribution >= 4 is 31.7 Å². The van der Waals surface area contributed by atoms with Gasteiger partial charge in [0.1, 0.15) is 0 Å². The largest absolute Gasteiger partial charge is 0.481 e. The minimum absolute atomic E-state index is 0.128. The fraction of sp³-hybridized carbons (Fsp3) is 0.300. The molecule has 1 aromatic carbocycles. The van der Waals surface area contributed by atoms with Crippen molar-refractivity contribution in [3.8, 4) is 0 Å². The van der Waals surface area contributed by atoms with E-state index in [0.29, 0.717) is 4.47 Å². The zero-order valence-corrected chi connectivity index (χ0v) is 11.0. The summed E-state index contributed by atoms with van der Waals surface area (Å²) >= 11 is 3.13. The van der Waals surface area contributed by atoms with Crippen LogP contribution in [0.1, 0.15) is 6.92 Å². The molecule has 4 nitrogen and oxygen atoms in total. The third-order valence-corrected chi connectivity index (χ3v) is 4.98. The summed E-state index contributed by atoms with van der Waals surface area (Å²) in [5, 5.41) is 8.69. The lowest BCUT2D eigenvalue weighted by Gasteiger charge is -2.09. The van der Waals surface area contributed by atoms with Crippen LogP contribution in [0.2, 0.25) is 0 Å². The highest BCUT2D eigenvalue weighted by atomic mass is 79.9. The van der Waals surface area contributed by atoms with Crippen molar-refractivity contribution in [3.05, 3.63) is 28.7 Å². The van der Waals surface area contributed by atoms with E-state index in [4.69, 9.17) is 5.11 Å². The highest BCUT2D eigenvalue weighted by molar-refractivity contribution is 9.10. The number of carboxylic acid groups (broad SMARTS) is 1. The molecule has 1 N–H and O–H groups in total. The van der Waals surface area contributed by atoms with Gasteiger partial charge in [-0.05, 0) is 28.1 Å². The molecule has 0 aliphatic carbocycles. The van der Waals surface area contributed by atoms with E-state index in [1.165, 1.54) is 13.0 Å². The zero-order valence-electron chi connectivity index (χ0n) is 8.55. The van der Waals surface area contributed by atoms with E-state index in [1.807, 2.05) is 0 Å². The van der Waals surface area contributed by atoms with E-state index in [0.717, 1.165) is 0 Å². The van der Waals surface area contributed by atoms with E-state index in [1.54, 1.807) is 18.2 Å². The predicted molar refractivity (Wildman–Crippen MR) is 63.0 cm³/mol. The molecule has 0 saturated heterocycles. The molecule has 0 aliphatic heterocycles. The van der Waals surface area contributed by atoms with E-state index in [-0.39, 0.29) is 4.90 Å². The molecule has 0 radical (unpaired) electrons. The van der Waals surface area contributed by atoms with Crippen molar-refractivity contribution < 1.29 is 18.3 Å². The molecule has 6 heteroatoms. The second-order valence-electron chi connectivity index (χ2n) is 3.45. The van der Waals surface area contributed by atoms with Crippen LogP contribution in [-0.4, -0.2) is 25.2 Å². The van der Waals surface area contributed by atoms with Crippen LogP contribution < -0.4 is 0 Å². The number of hydrogen-bond acceptors (Lipinski definition) is 3. The van der Waals surface area contributed by atoms with Gasteiger partial charge in [-0.2, -0.15) is 0 Å². The third-order valence-electron chi connectivity index (χ3n) is 2.06. The predicted octanol–water partition coefficient (Wildman–Crippen LogP) is 1.94. The first kappa shape index (κ1) is 13.2. The standard InChI is InChI=1S/C10H11BrO4S/c1-7(10(12)13)6-16(14,15)9-5-3-2-4-8(9)11/h2-5,7H,6H2,1H3,(H,12,13). The van der Waals surface area contributed by atoms with Crippen LogP contribution >= 0.6 is 15.9 Å². The van der Waals surface area contributed by atoms with Crippen molar-refractivity contribution in [2.45, 2.75) is 11.8 Å². The Bertz CT molecular complexity index is 495. The van der Waals surface area contributed by atoms with Crippen LogP contribution in [0, 0.1) is 5.92 Å². The first-order valence-electron chi connectivity index (χ1n) is 4.54. The van der Waals surface area contributed by atoms with Crippen molar-refractivity contribution in [2.75, 3.05) is 5.75 Å². The van der Waals surface area contributed by atoms with Crippen molar-refractivity contribution in [1.29, 1.82) is 0 Å². The molecule has 1 aromatic rings. The van der Waals surface area contributed by atoms with E-state index in [2.05, 4.69) is 15.9 Å². The summed E-state index contributed by atoms with van der Waals surface area (Å²) in [5.41, 5.74) is 0. The highest BCUT2D eigenvalue weighted by Gasteiger charge is 2.24.